The van der Waals surface area contributed by atoms with Gasteiger partial charge in [0.2, 0.25) is 0 Å². The van der Waals surface area contributed by atoms with Gasteiger partial charge < -0.3 is 14.8 Å². The minimum atomic E-state index is 0.296. The standard InChI is InChI=1S/C10H13NO2/c1-11-8-6-13-10-7(8)4-3-5-9(10)12-2/h3-5,8,11H,6H2,1-2H3. The molecule has 1 aromatic carbocycles. The van der Waals surface area contributed by atoms with Crippen molar-refractivity contribution in [3.8, 4) is 11.5 Å². The molecule has 1 unspecified atom stereocenters. The van der Waals surface area contributed by atoms with Gasteiger partial charge in [0.15, 0.2) is 11.5 Å². The first-order valence-electron chi connectivity index (χ1n) is 4.33. The number of ether oxygens (including phenoxy) is 2. The Morgan fingerprint density at radius 3 is 3.08 bits per heavy atom. The van der Waals surface area contributed by atoms with Gasteiger partial charge in [-0.05, 0) is 13.1 Å². The SMILES string of the molecule is CNC1COc2c(OC)cccc21. The number of benzene rings is 1. The first-order chi connectivity index (χ1) is 6.36. The molecule has 0 saturated carbocycles. The normalized spacial score (nSPS) is 19.4. The third-order valence-corrected chi connectivity index (χ3v) is 2.35. The van der Waals surface area contributed by atoms with Crippen LogP contribution in [-0.4, -0.2) is 20.8 Å². The molecule has 0 aliphatic carbocycles. The van der Waals surface area contributed by atoms with Crippen LogP contribution in [0.2, 0.25) is 0 Å². The number of likely N-dealkylation sites (N-methyl/N-ethyl adjacent to an activating group) is 1. The number of rotatable bonds is 2. The van der Waals surface area contributed by atoms with Gasteiger partial charge in [0, 0.05) is 5.56 Å². The Morgan fingerprint density at radius 1 is 1.54 bits per heavy atom. The highest BCUT2D eigenvalue weighted by atomic mass is 16.5. The smallest absolute Gasteiger partial charge is 0.166 e. The molecule has 1 aromatic rings. The van der Waals surface area contributed by atoms with Crippen LogP contribution >= 0.6 is 0 Å². The molecular formula is C10H13NO2. The van der Waals surface area contributed by atoms with Crippen molar-refractivity contribution >= 4 is 0 Å². The van der Waals surface area contributed by atoms with Crippen molar-refractivity contribution in [1.82, 2.24) is 5.32 Å². The summed E-state index contributed by atoms with van der Waals surface area (Å²) in [4.78, 5) is 0. The summed E-state index contributed by atoms with van der Waals surface area (Å²) in [6.45, 7) is 0.687. The first-order valence-corrected chi connectivity index (χ1v) is 4.33. The van der Waals surface area contributed by atoms with E-state index >= 15 is 0 Å². The molecular weight excluding hydrogens is 166 g/mol. The molecule has 0 saturated heterocycles. The maximum absolute atomic E-state index is 5.54. The summed E-state index contributed by atoms with van der Waals surface area (Å²) in [5.41, 5.74) is 1.18. The maximum Gasteiger partial charge on any atom is 0.166 e. The van der Waals surface area contributed by atoms with Crippen LogP contribution in [0.4, 0.5) is 0 Å². The zero-order valence-electron chi connectivity index (χ0n) is 7.83. The number of fused-ring (bicyclic) bond motifs is 1. The predicted molar refractivity (Wildman–Crippen MR) is 50.3 cm³/mol. The lowest BCUT2D eigenvalue weighted by atomic mass is 10.1. The van der Waals surface area contributed by atoms with Gasteiger partial charge in [-0.25, -0.2) is 0 Å². The lowest BCUT2D eigenvalue weighted by molar-refractivity contribution is 0.300. The number of nitrogens with one attached hydrogen (secondary N) is 1. The molecule has 1 aliphatic heterocycles. The molecule has 0 fully saturated rings. The molecule has 1 atom stereocenters. The molecule has 0 radical (unpaired) electrons. The van der Waals surface area contributed by atoms with Crippen LogP contribution in [0.1, 0.15) is 11.6 Å². The third-order valence-electron chi connectivity index (χ3n) is 2.35. The molecule has 1 aliphatic rings. The van der Waals surface area contributed by atoms with Gasteiger partial charge >= 0.3 is 0 Å². The van der Waals surface area contributed by atoms with E-state index in [1.54, 1.807) is 7.11 Å². The highest BCUT2D eigenvalue weighted by molar-refractivity contribution is 5.50. The van der Waals surface area contributed by atoms with Gasteiger partial charge in [0.25, 0.3) is 0 Å². The van der Waals surface area contributed by atoms with Crippen molar-refractivity contribution in [2.45, 2.75) is 6.04 Å². The third kappa shape index (κ3) is 1.25. The molecule has 70 valence electrons. The van der Waals surface area contributed by atoms with Crippen LogP contribution in [-0.2, 0) is 0 Å². The Kier molecular flexibility index (Phi) is 2.10. The van der Waals surface area contributed by atoms with E-state index in [1.807, 2.05) is 19.2 Å². The summed E-state index contributed by atoms with van der Waals surface area (Å²) in [7, 11) is 3.59. The van der Waals surface area contributed by atoms with Crippen molar-refractivity contribution in [1.29, 1.82) is 0 Å². The predicted octanol–water partition coefficient (Wildman–Crippen LogP) is 1.35. The van der Waals surface area contributed by atoms with E-state index in [-0.39, 0.29) is 0 Å². The van der Waals surface area contributed by atoms with Gasteiger partial charge in [0.05, 0.1) is 13.2 Å². The fourth-order valence-corrected chi connectivity index (χ4v) is 1.62. The highest BCUT2D eigenvalue weighted by Gasteiger charge is 2.25. The average Bonchev–Trinajstić information content (AvgIpc) is 2.60. The Bertz CT molecular complexity index is 312. The lowest BCUT2D eigenvalue weighted by Crippen LogP contribution is -2.16. The molecule has 1 heterocycles. The topological polar surface area (TPSA) is 30.5 Å². The Morgan fingerprint density at radius 2 is 2.38 bits per heavy atom. The number of methoxy groups -OCH3 is 1. The first kappa shape index (κ1) is 8.38. The van der Waals surface area contributed by atoms with Crippen LogP contribution in [0.5, 0.6) is 11.5 Å². The summed E-state index contributed by atoms with van der Waals surface area (Å²) in [6.07, 6.45) is 0. The minimum absolute atomic E-state index is 0.296. The quantitative estimate of drug-likeness (QED) is 0.743. The van der Waals surface area contributed by atoms with Crippen molar-refractivity contribution in [2.75, 3.05) is 20.8 Å². The van der Waals surface area contributed by atoms with Gasteiger partial charge in [-0.3, -0.25) is 0 Å². The van der Waals surface area contributed by atoms with E-state index in [0.29, 0.717) is 12.6 Å². The monoisotopic (exact) mass is 179 g/mol. The number of para-hydroxylation sites is 1. The molecule has 0 spiro atoms. The second-order valence-electron chi connectivity index (χ2n) is 3.03. The van der Waals surface area contributed by atoms with Crippen LogP contribution in [0.15, 0.2) is 18.2 Å². The van der Waals surface area contributed by atoms with E-state index in [2.05, 4.69) is 11.4 Å². The van der Waals surface area contributed by atoms with E-state index in [9.17, 15) is 0 Å². The van der Waals surface area contributed by atoms with E-state index < -0.39 is 0 Å². The van der Waals surface area contributed by atoms with Gasteiger partial charge in [-0.15, -0.1) is 0 Å². The highest BCUT2D eigenvalue weighted by Crippen LogP contribution is 2.39. The zero-order valence-corrected chi connectivity index (χ0v) is 7.83. The second-order valence-corrected chi connectivity index (χ2v) is 3.03. The molecule has 0 bridgehead atoms. The number of hydrogen-bond donors (Lipinski definition) is 1. The fourth-order valence-electron chi connectivity index (χ4n) is 1.62. The summed E-state index contributed by atoms with van der Waals surface area (Å²) in [6, 6.07) is 6.25. The fraction of sp³-hybridized carbons (Fsp3) is 0.400. The molecule has 2 rings (SSSR count). The van der Waals surface area contributed by atoms with Crippen molar-refractivity contribution < 1.29 is 9.47 Å². The molecule has 1 N–H and O–H groups in total. The Labute approximate surface area is 77.7 Å². The maximum atomic E-state index is 5.54. The van der Waals surface area contributed by atoms with Crippen LogP contribution in [0.25, 0.3) is 0 Å². The Balaban J connectivity index is 2.43. The molecule has 3 heteroatoms. The molecule has 13 heavy (non-hydrogen) atoms. The van der Waals surface area contributed by atoms with Gasteiger partial charge in [-0.2, -0.15) is 0 Å². The van der Waals surface area contributed by atoms with Crippen molar-refractivity contribution in [2.24, 2.45) is 0 Å². The van der Waals surface area contributed by atoms with Crippen LogP contribution in [0.3, 0.4) is 0 Å². The average molecular weight is 179 g/mol. The molecule has 0 amide bonds. The summed E-state index contributed by atoms with van der Waals surface area (Å²) in [5.74, 6) is 1.69. The van der Waals surface area contributed by atoms with Gasteiger partial charge in [0.1, 0.15) is 6.61 Å². The zero-order chi connectivity index (χ0) is 9.26. The largest absolute Gasteiger partial charge is 0.493 e. The molecule has 0 aromatic heterocycles. The summed E-state index contributed by atoms with van der Waals surface area (Å²) in [5, 5.41) is 3.19. The molecule has 3 nitrogen and oxygen atoms in total. The van der Waals surface area contributed by atoms with Crippen LogP contribution in [0, 0.1) is 0 Å². The minimum Gasteiger partial charge on any atom is -0.493 e. The Hall–Kier alpha value is -1.22. The number of hydrogen-bond acceptors (Lipinski definition) is 3. The second kappa shape index (κ2) is 3.26. The van der Waals surface area contributed by atoms with E-state index in [4.69, 9.17) is 9.47 Å². The summed E-state index contributed by atoms with van der Waals surface area (Å²) >= 11 is 0. The van der Waals surface area contributed by atoms with E-state index in [0.717, 1.165) is 11.5 Å². The summed E-state index contributed by atoms with van der Waals surface area (Å²) < 4.78 is 10.7. The lowest BCUT2D eigenvalue weighted by Gasteiger charge is -2.07. The van der Waals surface area contributed by atoms with Crippen molar-refractivity contribution in [3.63, 3.8) is 0 Å². The van der Waals surface area contributed by atoms with E-state index in [1.165, 1.54) is 5.56 Å². The van der Waals surface area contributed by atoms with Crippen LogP contribution < -0.4 is 14.8 Å². The van der Waals surface area contributed by atoms with Gasteiger partial charge in [-0.1, -0.05) is 12.1 Å². The van der Waals surface area contributed by atoms with Crippen molar-refractivity contribution in [3.05, 3.63) is 23.8 Å².